The summed E-state index contributed by atoms with van der Waals surface area (Å²) in [5.41, 5.74) is 0. The van der Waals surface area contributed by atoms with Crippen molar-refractivity contribution in [3.8, 4) is 0 Å². The lowest BCUT2D eigenvalue weighted by atomic mass is 10.5. The third kappa shape index (κ3) is 3.81. The standard InChI is InChI=1S/C5H12NO3S/c1-6(4-3-5-7)10(2,8)9/h3-5H2,1-2H3. The molecule has 0 saturated carbocycles. The van der Waals surface area contributed by atoms with Gasteiger partial charge in [0.1, 0.15) is 0 Å². The van der Waals surface area contributed by atoms with E-state index >= 15 is 0 Å². The highest BCUT2D eigenvalue weighted by molar-refractivity contribution is 7.88. The molecule has 10 heavy (non-hydrogen) atoms. The second-order valence-corrected chi connectivity index (χ2v) is 4.23. The van der Waals surface area contributed by atoms with Gasteiger partial charge in [-0.1, -0.05) is 0 Å². The van der Waals surface area contributed by atoms with Crippen LogP contribution in [0.4, 0.5) is 0 Å². The molecule has 0 aromatic carbocycles. The lowest BCUT2D eigenvalue weighted by molar-refractivity contribution is 0.183. The smallest absolute Gasteiger partial charge is 0.210 e. The van der Waals surface area contributed by atoms with Crippen molar-refractivity contribution in [3.63, 3.8) is 0 Å². The SMILES string of the molecule is CN(CCC[O])S(C)(=O)=O. The van der Waals surface area contributed by atoms with Crippen LogP contribution in [0.3, 0.4) is 0 Å². The van der Waals surface area contributed by atoms with Crippen LogP contribution in [-0.2, 0) is 15.1 Å². The summed E-state index contributed by atoms with van der Waals surface area (Å²) in [6.07, 6.45) is 1.50. The zero-order valence-corrected chi connectivity index (χ0v) is 7.02. The van der Waals surface area contributed by atoms with Crippen molar-refractivity contribution >= 4 is 10.0 Å². The molecule has 0 aliphatic carbocycles. The van der Waals surface area contributed by atoms with Gasteiger partial charge in [0.25, 0.3) is 0 Å². The number of hydrogen-bond acceptors (Lipinski definition) is 2. The molecule has 0 aliphatic rings. The van der Waals surface area contributed by atoms with Gasteiger partial charge < -0.3 is 0 Å². The molecule has 0 amide bonds. The monoisotopic (exact) mass is 166 g/mol. The van der Waals surface area contributed by atoms with Gasteiger partial charge in [-0.25, -0.2) is 17.8 Å². The van der Waals surface area contributed by atoms with E-state index in [0.717, 1.165) is 6.26 Å². The molecule has 0 rings (SSSR count). The molecule has 61 valence electrons. The van der Waals surface area contributed by atoms with E-state index in [-0.39, 0.29) is 6.61 Å². The molecule has 0 saturated heterocycles. The van der Waals surface area contributed by atoms with E-state index in [9.17, 15) is 13.5 Å². The molecule has 0 aromatic heterocycles. The minimum absolute atomic E-state index is 0.222. The van der Waals surface area contributed by atoms with Crippen molar-refractivity contribution in [2.24, 2.45) is 0 Å². The maximum atomic E-state index is 10.7. The van der Waals surface area contributed by atoms with Crippen LogP contribution in [0.2, 0.25) is 0 Å². The van der Waals surface area contributed by atoms with Crippen LogP contribution >= 0.6 is 0 Å². The quantitative estimate of drug-likeness (QED) is 0.575. The first-order chi connectivity index (χ1) is 4.48. The predicted molar refractivity (Wildman–Crippen MR) is 37.6 cm³/mol. The van der Waals surface area contributed by atoms with Crippen LogP contribution in [0.5, 0.6) is 0 Å². The van der Waals surface area contributed by atoms with Gasteiger partial charge in [0.05, 0.1) is 12.9 Å². The molecule has 0 fully saturated rings. The van der Waals surface area contributed by atoms with Crippen molar-refractivity contribution in [1.29, 1.82) is 0 Å². The number of hydrogen-bond donors (Lipinski definition) is 0. The fourth-order valence-electron chi connectivity index (χ4n) is 0.453. The zero-order valence-electron chi connectivity index (χ0n) is 6.20. The second kappa shape index (κ2) is 3.90. The number of rotatable bonds is 4. The third-order valence-corrected chi connectivity index (χ3v) is 2.50. The molecular weight excluding hydrogens is 154 g/mol. The van der Waals surface area contributed by atoms with Gasteiger partial charge in [0.2, 0.25) is 10.0 Å². The third-order valence-electron chi connectivity index (χ3n) is 1.18. The van der Waals surface area contributed by atoms with Gasteiger partial charge in [-0.3, -0.25) is 0 Å². The fraction of sp³-hybridized carbons (Fsp3) is 1.00. The predicted octanol–water partition coefficient (Wildman–Crippen LogP) is -0.302. The van der Waals surface area contributed by atoms with Gasteiger partial charge in [0.15, 0.2) is 0 Å². The van der Waals surface area contributed by atoms with Crippen LogP contribution in [0.15, 0.2) is 0 Å². The Morgan fingerprint density at radius 3 is 2.20 bits per heavy atom. The van der Waals surface area contributed by atoms with Crippen LogP contribution in [0.1, 0.15) is 6.42 Å². The minimum Gasteiger partial charge on any atom is -0.237 e. The summed E-state index contributed by atoms with van der Waals surface area (Å²) in [5.74, 6) is 0. The molecular formula is C5H12NO3S. The topological polar surface area (TPSA) is 57.3 Å². The fourth-order valence-corrected chi connectivity index (χ4v) is 0.914. The van der Waals surface area contributed by atoms with Crippen LogP contribution in [-0.4, -0.2) is 39.2 Å². The summed E-state index contributed by atoms with van der Waals surface area (Å²) in [7, 11) is -1.62. The van der Waals surface area contributed by atoms with Crippen molar-refractivity contribution in [2.45, 2.75) is 6.42 Å². The van der Waals surface area contributed by atoms with Gasteiger partial charge in [-0.2, -0.15) is 0 Å². The van der Waals surface area contributed by atoms with Crippen LogP contribution in [0.25, 0.3) is 0 Å². The first-order valence-corrected chi connectivity index (χ1v) is 4.82. The van der Waals surface area contributed by atoms with Crippen molar-refractivity contribution in [3.05, 3.63) is 0 Å². The molecule has 5 heteroatoms. The van der Waals surface area contributed by atoms with E-state index in [4.69, 9.17) is 0 Å². The largest absolute Gasteiger partial charge is 0.237 e. The van der Waals surface area contributed by atoms with Gasteiger partial charge >= 0.3 is 0 Å². The summed E-state index contributed by atoms with van der Waals surface area (Å²) in [6, 6.07) is 0. The molecule has 4 nitrogen and oxygen atoms in total. The maximum absolute atomic E-state index is 10.7. The Kier molecular flexibility index (Phi) is 3.85. The number of nitrogens with zero attached hydrogens (tertiary/aromatic N) is 1. The van der Waals surface area contributed by atoms with Gasteiger partial charge in [-0.05, 0) is 6.42 Å². The Balaban J connectivity index is 3.75. The van der Waals surface area contributed by atoms with Gasteiger partial charge in [-0.15, -0.1) is 0 Å². The Morgan fingerprint density at radius 2 is 1.90 bits per heavy atom. The zero-order chi connectivity index (χ0) is 8.20. The molecule has 0 N–H and O–H groups in total. The average molecular weight is 166 g/mol. The molecule has 0 atom stereocenters. The Labute approximate surface area is 61.5 Å². The summed E-state index contributed by atoms with van der Waals surface area (Å²) in [5, 5.41) is 9.94. The normalized spacial score (nSPS) is 12.4. The molecule has 1 radical (unpaired) electrons. The van der Waals surface area contributed by atoms with E-state index in [1.807, 2.05) is 0 Å². The molecule has 0 unspecified atom stereocenters. The molecule has 0 bridgehead atoms. The van der Waals surface area contributed by atoms with Crippen molar-refractivity contribution in [1.82, 2.24) is 4.31 Å². The highest BCUT2D eigenvalue weighted by atomic mass is 32.2. The highest BCUT2D eigenvalue weighted by Crippen LogP contribution is 1.93. The molecule has 0 aromatic rings. The summed E-state index contributed by atoms with van der Waals surface area (Å²) in [6.45, 7) is 0.0994. The lowest BCUT2D eigenvalue weighted by Gasteiger charge is -2.11. The highest BCUT2D eigenvalue weighted by Gasteiger charge is 2.08. The van der Waals surface area contributed by atoms with E-state index in [1.165, 1.54) is 11.4 Å². The first-order valence-electron chi connectivity index (χ1n) is 2.98. The lowest BCUT2D eigenvalue weighted by Crippen LogP contribution is -2.26. The first kappa shape index (κ1) is 9.87. The summed E-state index contributed by atoms with van der Waals surface area (Å²) >= 11 is 0. The summed E-state index contributed by atoms with van der Waals surface area (Å²) in [4.78, 5) is 0. The van der Waals surface area contributed by atoms with Crippen LogP contribution in [0, 0.1) is 0 Å². The van der Waals surface area contributed by atoms with Crippen molar-refractivity contribution in [2.75, 3.05) is 26.5 Å². The van der Waals surface area contributed by atoms with E-state index in [0.29, 0.717) is 13.0 Å². The Hall–Kier alpha value is -0.130. The maximum Gasteiger partial charge on any atom is 0.210 e. The molecule has 0 spiro atoms. The van der Waals surface area contributed by atoms with E-state index in [2.05, 4.69) is 0 Å². The summed E-state index contributed by atoms with van der Waals surface area (Å²) < 4.78 is 22.5. The Bertz CT molecular complexity index is 175. The van der Waals surface area contributed by atoms with Gasteiger partial charge in [0, 0.05) is 13.6 Å². The number of sulfonamides is 1. The average Bonchev–Trinajstić information content (AvgIpc) is 1.80. The van der Waals surface area contributed by atoms with Crippen molar-refractivity contribution < 1.29 is 13.5 Å². The van der Waals surface area contributed by atoms with Crippen LogP contribution < -0.4 is 0 Å². The second-order valence-electron chi connectivity index (χ2n) is 2.14. The molecule has 0 aliphatic heterocycles. The Morgan fingerprint density at radius 1 is 1.40 bits per heavy atom. The van der Waals surface area contributed by atoms with E-state index in [1.54, 1.807) is 0 Å². The molecule has 0 heterocycles. The minimum atomic E-state index is -3.08. The van der Waals surface area contributed by atoms with E-state index < -0.39 is 10.0 Å².